The molecule has 2 aliphatic rings. The smallest absolute Gasteiger partial charge is 0.307 e. The quantitative estimate of drug-likeness (QED) is 0.554. The fraction of sp³-hybridized carbons (Fsp3) is 0.625. The molecule has 54 valence electrons. The maximum atomic E-state index is 10.6. The summed E-state index contributed by atoms with van der Waals surface area (Å²) in [6.07, 6.45) is 6.29. The summed E-state index contributed by atoms with van der Waals surface area (Å²) in [6, 6.07) is 0. The summed E-state index contributed by atoms with van der Waals surface area (Å²) in [4.78, 5) is 10.6. The summed E-state index contributed by atoms with van der Waals surface area (Å²) in [6.45, 7) is 0. The topological polar surface area (TPSA) is 37.3 Å². The molecule has 2 aliphatic carbocycles. The number of aliphatic carboxylic acids is 1. The third-order valence-electron chi connectivity index (χ3n) is 2.65. The van der Waals surface area contributed by atoms with Crippen LogP contribution in [0.25, 0.3) is 0 Å². The van der Waals surface area contributed by atoms with E-state index in [4.69, 9.17) is 5.11 Å². The van der Waals surface area contributed by atoms with Crippen molar-refractivity contribution >= 4 is 5.97 Å². The van der Waals surface area contributed by atoms with E-state index in [1.165, 1.54) is 0 Å². The summed E-state index contributed by atoms with van der Waals surface area (Å²) < 4.78 is 0. The Hall–Kier alpha value is -0.790. The van der Waals surface area contributed by atoms with Crippen molar-refractivity contribution in [3.05, 3.63) is 12.2 Å². The van der Waals surface area contributed by atoms with Crippen molar-refractivity contribution < 1.29 is 9.90 Å². The third-order valence-corrected chi connectivity index (χ3v) is 2.65. The molecule has 0 saturated heterocycles. The molecule has 1 fully saturated rings. The highest BCUT2D eigenvalue weighted by atomic mass is 16.4. The lowest BCUT2D eigenvalue weighted by Crippen LogP contribution is -2.18. The molecule has 10 heavy (non-hydrogen) atoms. The van der Waals surface area contributed by atoms with E-state index in [0.717, 1.165) is 12.8 Å². The molecule has 0 amide bonds. The first kappa shape index (κ1) is 5.96. The molecular formula is C8H10O2. The van der Waals surface area contributed by atoms with Crippen LogP contribution in [-0.4, -0.2) is 11.1 Å². The Kier molecular flexibility index (Phi) is 1.10. The highest BCUT2D eigenvalue weighted by Crippen LogP contribution is 2.44. The first-order chi connectivity index (χ1) is 4.79. The summed E-state index contributed by atoms with van der Waals surface area (Å²) in [5.41, 5.74) is 0. The van der Waals surface area contributed by atoms with Crippen molar-refractivity contribution in [1.82, 2.24) is 0 Å². The van der Waals surface area contributed by atoms with Gasteiger partial charge in [-0.2, -0.15) is 0 Å². The molecule has 1 saturated carbocycles. The maximum absolute atomic E-state index is 10.6. The zero-order chi connectivity index (χ0) is 7.14. The third kappa shape index (κ3) is 0.618. The molecule has 0 spiro atoms. The molecule has 0 aromatic carbocycles. The molecule has 1 N–H and O–H groups in total. The van der Waals surface area contributed by atoms with Gasteiger partial charge in [0.1, 0.15) is 0 Å². The number of fused-ring (bicyclic) bond motifs is 2. The van der Waals surface area contributed by atoms with Gasteiger partial charge in [-0.3, -0.25) is 4.79 Å². The first-order valence-electron chi connectivity index (χ1n) is 3.70. The molecule has 2 rings (SSSR count). The summed E-state index contributed by atoms with van der Waals surface area (Å²) in [7, 11) is 0. The van der Waals surface area contributed by atoms with Gasteiger partial charge in [0, 0.05) is 0 Å². The predicted octanol–water partition coefficient (Wildman–Crippen LogP) is 1.28. The SMILES string of the molecule is O=C(O)C1C2C=CC1CC2. The van der Waals surface area contributed by atoms with Gasteiger partial charge < -0.3 is 5.11 Å². The highest BCUT2D eigenvalue weighted by Gasteiger charge is 2.42. The van der Waals surface area contributed by atoms with Gasteiger partial charge >= 0.3 is 5.97 Å². The van der Waals surface area contributed by atoms with Gasteiger partial charge in [0.05, 0.1) is 5.92 Å². The van der Waals surface area contributed by atoms with Crippen LogP contribution in [0.1, 0.15) is 12.8 Å². The molecule has 2 heteroatoms. The van der Waals surface area contributed by atoms with E-state index in [1.54, 1.807) is 0 Å². The van der Waals surface area contributed by atoms with Gasteiger partial charge in [-0.1, -0.05) is 12.2 Å². The zero-order valence-electron chi connectivity index (χ0n) is 5.66. The largest absolute Gasteiger partial charge is 0.481 e. The lowest BCUT2D eigenvalue weighted by molar-refractivity contribution is -0.143. The van der Waals surface area contributed by atoms with Crippen molar-refractivity contribution in [2.24, 2.45) is 17.8 Å². The minimum Gasteiger partial charge on any atom is -0.481 e. The average molecular weight is 138 g/mol. The fourth-order valence-corrected chi connectivity index (χ4v) is 2.15. The number of carbonyl (C=O) groups is 1. The van der Waals surface area contributed by atoms with Gasteiger partial charge in [-0.15, -0.1) is 0 Å². The molecule has 0 radical (unpaired) electrons. The summed E-state index contributed by atoms with van der Waals surface area (Å²) in [5.74, 6) is 0.00231. The van der Waals surface area contributed by atoms with Crippen molar-refractivity contribution in [3.8, 4) is 0 Å². The zero-order valence-corrected chi connectivity index (χ0v) is 5.66. The summed E-state index contributed by atoms with van der Waals surface area (Å²) >= 11 is 0. The van der Waals surface area contributed by atoms with Crippen LogP contribution in [-0.2, 0) is 4.79 Å². The number of allylic oxidation sites excluding steroid dienone is 2. The Bertz CT molecular complexity index is 181. The Morgan fingerprint density at radius 3 is 2.00 bits per heavy atom. The second-order valence-corrected chi connectivity index (χ2v) is 3.15. The van der Waals surface area contributed by atoms with Gasteiger partial charge in [-0.05, 0) is 24.7 Å². The second-order valence-electron chi connectivity index (χ2n) is 3.15. The van der Waals surface area contributed by atoms with Crippen LogP contribution in [0.4, 0.5) is 0 Å². The van der Waals surface area contributed by atoms with E-state index in [2.05, 4.69) is 12.2 Å². The molecule has 0 heterocycles. The minimum atomic E-state index is -0.613. The van der Waals surface area contributed by atoms with Gasteiger partial charge in [0.2, 0.25) is 0 Å². The van der Waals surface area contributed by atoms with E-state index in [9.17, 15) is 4.79 Å². The van der Waals surface area contributed by atoms with Crippen LogP contribution in [0.15, 0.2) is 12.2 Å². The maximum Gasteiger partial charge on any atom is 0.307 e. The fourth-order valence-electron chi connectivity index (χ4n) is 2.15. The van der Waals surface area contributed by atoms with E-state index < -0.39 is 5.97 Å². The molecule has 0 aliphatic heterocycles. The average Bonchev–Trinajstić information content (AvgIpc) is 2.43. The van der Waals surface area contributed by atoms with Crippen molar-refractivity contribution in [2.45, 2.75) is 12.8 Å². The van der Waals surface area contributed by atoms with E-state index >= 15 is 0 Å². The van der Waals surface area contributed by atoms with Crippen LogP contribution in [0.2, 0.25) is 0 Å². The van der Waals surface area contributed by atoms with Crippen molar-refractivity contribution in [1.29, 1.82) is 0 Å². The number of hydrogen-bond donors (Lipinski definition) is 1. The number of hydrogen-bond acceptors (Lipinski definition) is 1. The number of carboxylic acids is 1. The van der Waals surface area contributed by atoms with E-state index in [0.29, 0.717) is 11.8 Å². The van der Waals surface area contributed by atoms with Crippen LogP contribution in [0.3, 0.4) is 0 Å². The monoisotopic (exact) mass is 138 g/mol. The summed E-state index contributed by atoms with van der Waals surface area (Å²) in [5, 5.41) is 8.75. The number of carboxylic acid groups (broad SMARTS) is 1. The lowest BCUT2D eigenvalue weighted by Gasteiger charge is -2.07. The second kappa shape index (κ2) is 1.84. The molecular weight excluding hydrogens is 128 g/mol. The molecule has 2 unspecified atom stereocenters. The first-order valence-corrected chi connectivity index (χ1v) is 3.70. The Labute approximate surface area is 59.5 Å². The Balaban J connectivity index is 2.22. The normalized spacial score (nSPS) is 42.6. The molecule has 0 aromatic heterocycles. The molecule has 2 nitrogen and oxygen atoms in total. The van der Waals surface area contributed by atoms with Gasteiger partial charge in [0.25, 0.3) is 0 Å². The van der Waals surface area contributed by atoms with Crippen LogP contribution in [0, 0.1) is 17.8 Å². The standard InChI is InChI=1S/C8H10O2/c9-8(10)7-5-1-2-6(7)4-3-5/h1-2,5-7H,3-4H2,(H,9,10). The molecule has 0 aromatic rings. The van der Waals surface area contributed by atoms with Gasteiger partial charge in [0.15, 0.2) is 0 Å². The van der Waals surface area contributed by atoms with Crippen LogP contribution >= 0.6 is 0 Å². The molecule has 2 atom stereocenters. The van der Waals surface area contributed by atoms with Crippen molar-refractivity contribution in [3.63, 3.8) is 0 Å². The predicted molar refractivity (Wildman–Crippen MR) is 36.5 cm³/mol. The van der Waals surface area contributed by atoms with Crippen LogP contribution in [0.5, 0.6) is 0 Å². The van der Waals surface area contributed by atoms with E-state index in [1.807, 2.05) is 0 Å². The van der Waals surface area contributed by atoms with Crippen molar-refractivity contribution in [2.75, 3.05) is 0 Å². The van der Waals surface area contributed by atoms with E-state index in [-0.39, 0.29) is 5.92 Å². The molecule has 2 bridgehead atoms. The number of rotatable bonds is 1. The minimum absolute atomic E-state index is 0.0833. The van der Waals surface area contributed by atoms with Crippen LogP contribution < -0.4 is 0 Å². The highest BCUT2D eigenvalue weighted by molar-refractivity contribution is 5.72. The van der Waals surface area contributed by atoms with Gasteiger partial charge in [-0.25, -0.2) is 0 Å². The Morgan fingerprint density at radius 2 is 1.80 bits per heavy atom. The lowest BCUT2D eigenvalue weighted by atomic mass is 9.97. The Morgan fingerprint density at radius 1 is 1.30 bits per heavy atom.